The fourth-order valence-electron chi connectivity index (χ4n) is 2.99. The number of rotatable bonds is 6. The molecule has 0 atom stereocenters. The molecule has 1 fully saturated rings. The Bertz CT molecular complexity index is 865. The highest BCUT2D eigenvalue weighted by Gasteiger charge is 2.22. The molecular weight excluding hydrogens is 369 g/mol. The summed E-state index contributed by atoms with van der Waals surface area (Å²) in [6, 6.07) is 15.2. The van der Waals surface area contributed by atoms with E-state index in [0.717, 1.165) is 5.69 Å². The molecule has 1 saturated heterocycles. The van der Waals surface area contributed by atoms with Gasteiger partial charge < -0.3 is 9.80 Å². The van der Waals surface area contributed by atoms with Crippen LogP contribution in [-0.2, 0) is 20.6 Å². The lowest BCUT2D eigenvalue weighted by molar-refractivity contribution is -0.130. The van der Waals surface area contributed by atoms with E-state index in [1.807, 2.05) is 30.3 Å². The molecule has 1 aliphatic heterocycles. The number of nitrogens with zero attached hydrogens (tertiary/aromatic N) is 2. The van der Waals surface area contributed by atoms with Crippen LogP contribution in [0, 0.1) is 5.82 Å². The lowest BCUT2D eigenvalue weighted by Crippen LogP contribution is -2.51. The Morgan fingerprint density at radius 1 is 0.963 bits per heavy atom. The molecule has 1 heterocycles. The van der Waals surface area contributed by atoms with Crippen molar-refractivity contribution in [2.24, 2.45) is 0 Å². The molecule has 6 nitrogen and oxygen atoms in total. The minimum Gasteiger partial charge on any atom is -0.368 e. The summed E-state index contributed by atoms with van der Waals surface area (Å²) < 4.78 is 39.5. The zero-order chi connectivity index (χ0) is 19.3. The summed E-state index contributed by atoms with van der Waals surface area (Å²) in [6.45, 7) is 2.24. The zero-order valence-electron chi connectivity index (χ0n) is 14.8. The van der Waals surface area contributed by atoms with Crippen LogP contribution in [0.1, 0.15) is 5.56 Å². The van der Waals surface area contributed by atoms with E-state index in [4.69, 9.17) is 0 Å². The molecule has 8 heteroatoms. The Labute approximate surface area is 158 Å². The van der Waals surface area contributed by atoms with Gasteiger partial charge in [0.15, 0.2) is 0 Å². The number of halogens is 1. The SMILES string of the molecule is O=C(CNS(=O)(=O)Cc1ccc(F)cc1)N1CCN(c2ccccc2)CC1. The molecule has 1 amide bonds. The summed E-state index contributed by atoms with van der Waals surface area (Å²) in [5.74, 6) is -0.957. The van der Waals surface area contributed by atoms with Gasteiger partial charge in [0, 0.05) is 31.9 Å². The van der Waals surface area contributed by atoms with Crippen molar-refractivity contribution in [2.75, 3.05) is 37.6 Å². The van der Waals surface area contributed by atoms with Crippen LogP contribution >= 0.6 is 0 Å². The first-order chi connectivity index (χ1) is 12.9. The van der Waals surface area contributed by atoms with Crippen LogP contribution in [0.2, 0.25) is 0 Å². The molecular formula is C19H22FN3O3S. The van der Waals surface area contributed by atoms with E-state index in [9.17, 15) is 17.6 Å². The molecule has 1 N–H and O–H groups in total. The summed E-state index contributed by atoms with van der Waals surface area (Å²) in [4.78, 5) is 16.2. The average Bonchev–Trinajstić information content (AvgIpc) is 2.69. The molecule has 0 unspecified atom stereocenters. The maximum absolute atomic E-state index is 12.9. The number of para-hydroxylation sites is 1. The van der Waals surface area contributed by atoms with Crippen LogP contribution in [0.15, 0.2) is 54.6 Å². The largest absolute Gasteiger partial charge is 0.368 e. The number of nitrogens with one attached hydrogen (secondary N) is 1. The number of carbonyl (C=O) groups excluding carboxylic acids is 1. The van der Waals surface area contributed by atoms with Crippen molar-refractivity contribution in [1.82, 2.24) is 9.62 Å². The zero-order valence-corrected chi connectivity index (χ0v) is 15.7. The van der Waals surface area contributed by atoms with E-state index in [0.29, 0.717) is 31.7 Å². The quantitative estimate of drug-likeness (QED) is 0.812. The summed E-state index contributed by atoms with van der Waals surface area (Å²) in [5.41, 5.74) is 1.58. The topological polar surface area (TPSA) is 69.7 Å². The standard InChI is InChI=1S/C19H22FN3O3S/c20-17-8-6-16(7-9-17)15-27(25,26)21-14-19(24)23-12-10-22(11-13-23)18-4-2-1-3-5-18/h1-9,21H,10-15H2. The number of anilines is 1. The maximum atomic E-state index is 12.9. The predicted octanol–water partition coefficient (Wildman–Crippen LogP) is 1.59. The van der Waals surface area contributed by atoms with Crippen molar-refractivity contribution in [3.63, 3.8) is 0 Å². The second-order valence-electron chi connectivity index (χ2n) is 6.41. The van der Waals surface area contributed by atoms with Gasteiger partial charge in [-0.1, -0.05) is 30.3 Å². The van der Waals surface area contributed by atoms with Crippen molar-refractivity contribution >= 4 is 21.6 Å². The maximum Gasteiger partial charge on any atom is 0.237 e. The van der Waals surface area contributed by atoms with Crippen molar-refractivity contribution in [1.29, 1.82) is 0 Å². The minimum atomic E-state index is -3.67. The fraction of sp³-hybridized carbons (Fsp3) is 0.316. The van der Waals surface area contributed by atoms with Crippen molar-refractivity contribution in [2.45, 2.75) is 5.75 Å². The van der Waals surface area contributed by atoms with Gasteiger partial charge in [-0.15, -0.1) is 0 Å². The van der Waals surface area contributed by atoms with Crippen molar-refractivity contribution in [3.8, 4) is 0 Å². The summed E-state index contributed by atoms with van der Waals surface area (Å²) in [5, 5.41) is 0. The van der Waals surface area contributed by atoms with Crippen LogP contribution in [0.5, 0.6) is 0 Å². The summed E-state index contributed by atoms with van der Waals surface area (Å²) in [6.07, 6.45) is 0. The van der Waals surface area contributed by atoms with E-state index in [1.165, 1.54) is 24.3 Å². The van der Waals surface area contributed by atoms with E-state index in [1.54, 1.807) is 4.90 Å². The highest BCUT2D eigenvalue weighted by molar-refractivity contribution is 7.88. The van der Waals surface area contributed by atoms with Crippen molar-refractivity contribution in [3.05, 3.63) is 66.0 Å². The van der Waals surface area contributed by atoms with Gasteiger partial charge in [-0.2, -0.15) is 0 Å². The van der Waals surface area contributed by atoms with Crippen LogP contribution in [0.4, 0.5) is 10.1 Å². The normalized spacial score (nSPS) is 15.0. The van der Waals surface area contributed by atoms with Gasteiger partial charge in [-0.05, 0) is 29.8 Å². The molecule has 27 heavy (non-hydrogen) atoms. The Balaban J connectivity index is 1.47. The molecule has 0 aliphatic carbocycles. The number of amides is 1. The molecule has 0 aromatic heterocycles. The number of carbonyl (C=O) groups is 1. The molecule has 3 rings (SSSR count). The monoisotopic (exact) mass is 391 g/mol. The number of benzene rings is 2. The van der Waals surface area contributed by atoms with Gasteiger partial charge >= 0.3 is 0 Å². The second-order valence-corrected chi connectivity index (χ2v) is 8.22. The first kappa shape index (κ1) is 19.3. The number of piperazine rings is 1. The van der Waals surface area contributed by atoms with Crippen molar-refractivity contribution < 1.29 is 17.6 Å². The van der Waals surface area contributed by atoms with Crippen LogP contribution in [0.3, 0.4) is 0 Å². The molecule has 0 saturated carbocycles. The van der Waals surface area contributed by atoms with Gasteiger partial charge in [0.1, 0.15) is 5.82 Å². The predicted molar refractivity (Wildman–Crippen MR) is 102 cm³/mol. The lowest BCUT2D eigenvalue weighted by atomic mass is 10.2. The minimum absolute atomic E-state index is 0.245. The third-order valence-corrected chi connectivity index (χ3v) is 5.76. The smallest absolute Gasteiger partial charge is 0.237 e. The van der Waals surface area contributed by atoms with Gasteiger partial charge in [0.25, 0.3) is 0 Å². The van der Waals surface area contributed by atoms with Crippen LogP contribution in [0.25, 0.3) is 0 Å². The lowest BCUT2D eigenvalue weighted by Gasteiger charge is -2.36. The highest BCUT2D eigenvalue weighted by atomic mass is 32.2. The molecule has 144 valence electrons. The molecule has 2 aromatic carbocycles. The van der Waals surface area contributed by atoms with E-state index in [2.05, 4.69) is 9.62 Å². The molecule has 2 aromatic rings. The molecule has 0 radical (unpaired) electrons. The van der Waals surface area contributed by atoms with Gasteiger partial charge in [0.05, 0.1) is 12.3 Å². The average molecular weight is 391 g/mol. The summed E-state index contributed by atoms with van der Waals surface area (Å²) in [7, 11) is -3.67. The van der Waals surface area contributed by atoms with Crippen LogP contribution < -0.4 is 9.62 Å². The third-order valence-electron chi connectivity index (χ3n) is 4.47. The summed E-state index contributed by atoms with van der Waals surface area (Å²) >= 11 is 0. The number of hydrogen-bond donors (Lipinski definition) is 1. The Hall–Kier alpha value is -2.45. The van der Waals surface area contributed by atoms with E-state index < -0.39 is 15.8 Å². The van der Waals surface area contributed by atoms with E-state index in [-0.39, 0.29) is 18.2 Å². The second kappa shape index (κ2) is 8.49. The Kier molecular flexibility index (Phi) is 6.08. The number of hydrogen-bond acceptors (Lipinski definition) is 4. The highest BCUT2D eigenvalue weighted by Crippen LogP contribution is 2.15. The molecule has 0 bridgehead atoms. The Morgan fingerprint density at radius 3 is 2.22 bits per heavy atom. The first-order valence-corrected chi connectivity index (χ1v) is 10.4. The van der Waals surface area contributed by atoms with Gasteiger partial charge in [-0.3, -0.25) is 4.79 Å². The van der Waals surface area contributed by atoms with Gasteiger partial charge in [0.2, 0.25) is 15.9 Å². The Morgan fingerprint density at radius 2 is 1.59 bits per heavy atom. The fourth-order valence-corrected chi connectivity index (χ4v) is 4.06. The van der Waals surface area contributed by atoms with Crippen LogP contribution in [-0.4, -0.2) is 51.9 Å². The number of sulfonamides is 1. The first-order valence-electron chi connectivity index (χ1n) is 8.72. The van der Waals surface area contributed by atoms with E-state index >= 15 is 0 Å². The molecule has 1 aliphatic rings. The third kappa shape index (κ3) is 5.51. The molecule has 0 spiro atoms. The van der Waals surface area contributed by atoms with Gasteiger partial charge in [-0.25, -0.2) is 17.5 Å².